The molecule has 0 unspecified atom stereocenters. The summed E-state index contributed by atoms with van der Waals surface area (Å²) >= 11 is 1.51. The molecule has 0 fully saturated rings. The average Bonchev–Trinajstić information content (AvgIpc) is 2.62. The number of nitriles is 1. The Bertz CT molecular complexity index is 826. The maximum atomic E-state index is 12.1. The maximum Gasteiger partial charge on any atom is 0.269 e. The summed E-state index contributed by atoms with van der Waals surface area (Å²) in [5.41, 5.74) is 1.38. The highest BCUT2D eigenvalue weighted by Crippen LogP contribution is 2.27. The number of carbonyl (C=O) groups excluding carboxylic acids is 1. The Morgan fingerprint density at radius 3 is 2.64 bits per heavy atom. The molecule has 0 radical (unpaired) electrons. The van der Waals surface area contributed by atoms with Crippen molar-refractivity contribution in [1.29, 1.82) is 5.26 Å². The van der Waals surface area contributed by atoms with E-state index < -0.39 is 4.92 Å². The van der Waals surface area contributed by atoms with Crippen LogP contribution in [0.25, 0.3) is 6.08 Å². The van der Waals surface area contributed by atoms with Gasteiger partial charge in [-0.1, -0.05) is 12.1 Å². The lowest BCUT2D eigenvalue weighted by atomic mass is 10.2. The summed E-state index contributed by atoms with van der Waals surface area (Å²) in [6, 6.07) is 15.4. The predicted octanol–water partition coefficient (Wildman–Crippen LogP) is 4.25. The van der Waals surface area contributed by atoms with Gasteiger partial charge in [-0.25, -0.2) is 0 Å². The first-order chi connectivity index (χ1) is 12.1. The number of nitrogens with one attached hydrogen (secondary N) is 1. The van der Waals surface area contributed by atoms with Crippen LogP contribution in [0.3, 0.4) is 0 Å². The number of carbonyl (C=O) groups is 1. The van der Waals surface area contributed by atoms with E-state index in [0.29, 0.717) is 23.4 Å². The molecule has 126 valence electrons. The van der Waals surface area contributed by atoms with Crippen molar-refractivity contribution < 1.29 is 9.72 Å². The Morgan fingerprint density at radius 1 is 1.24 bits per heavy atom. The summed E-state index contributed by atoms with van der Waals surface area (Å²) in [7, 11) is 0. The van der Waals surface area contributed by atoms with Gasteiger partial charge in [0.25, 0.3) is 5.69 Å². The van der Waals surface area contributed by atoms with E-state index in [4.69, 9.17) is 5.26 Å². The second-order valence-electron chi connectivity index (χ2n) is 4.92. The fraction of sp³-hybridized carbons (Fsp3) is 0.111. The van der Waals surface area contributed by atoms with Crippen LogP contribution in [-0.2, 0) is 4.79 Å². The summed E-state index contributed by atoms with van der Waals surface area (Å²) < 4.78 is 0. The number of nitrogens with zero attached hydrogens (tertiary/aromatic N) is 2. The highest BCUT2D eigenvalue weighted by molar-refractivity contribution is 7.99. The van der Waals surface area contributed by atoms with E-state index in [1.807, 2.05) is 18.2 Å². The summed E-state index contributed by atoms with van der Waals surface area (Å²) in [5.74, 6) is 0.355. The van der Waals surface area contributed by atoms with Crippen molar-refractivity contribution in [3.8, 4) is 6.07 Å². The summed E-state index contributed by atoms with van der Waals surface area (Å²) in [6.45, 7) is 0. The lowest BCUT2D eigenvalue weighted by Gasteiger charge is -2.08. The van der Waals surface area contributed by atoms with Crippen LogP contribution in [0.15, 0.2) is 59.5 Å². The van der Waals surface area contributed by atoms with E-state index in [-0.39, 0.29) is 11.6 Å². The zero-order chi connectivity index (χ0) is 18.1. The molecule has 0 saturated heterocycles. The standard InChI is InChI=1S/C18H15N3O3S/c19-12-3-13-25-17-5-2-1-4-16(17)20-18(22)11-8-14-6-9-15(10-7-14)21(23)24/h1-2,4-11H,3,13H2,(H,20,22)/b11-8+. The second kappa shape index (κ2) is 9.25. The first-order valence-corrected chi connectivity index (χ1v) is 8.41. The van der Waals surface area contributed by atoms with Crippen LogP contribution < -0.4 is 5.32 Å². The molecule has 0 saturated carbocycles. The van der Waals surface area contributed by atoms with E-state index in [0.717, 1.165) is 4.90 Å². The zero-order valence-corrected chi connectivity index (χ0v) is 14.0. The van der Waals surface area contributed by atoms with Crippen molar-refractivity contribution in [2.75, 3.05) is 11.1 Å². The van der Waals surface area contributed by atoms with Crippen molar-refractivity contribution in [3.05, 3.63) is 70.3 Å². The minimum absolute atomic E-state index is 0.00456. The molecule has 1 amide bonds. The lowest BCUT2D eigenvalue weighted by Crippen LogP contribution is -2.08. The fourth-order valence-electron chi connectivity index (χ4n) is 1.96. The molecule has 0 aliphatic rings. The minimum atomic E-state index is -0.471. The van der Waals surface area contributed by atoms with Crippen molar-refractivity contribution in [2.45, 2.75) is 11.3 Å². The van der Waals surface area contributed by atoms with Gasteiger partial charge in [0.2, 0.25) is 5.91 Å². The molecule has 2 aromatic rings. The SMILES string of the molecule is N#CCCSc1ccccc1NC(=O)/C=C/c1ccc([N+](=O)[O-])cc1. The third-order valence-electron chi connectivity index (χ3n) is 3.15. The number of para-hydroxylation sites is 1. The summed E-state index contributed by atoms with van der Waals surface area (Å²) in [5, 5.41) is 22.0. The normalized spacial score (nSPS) is 10.4. The van der Waals surface area contributed by atoms with E-state index in [1.54, 1.807) is 24.3 Å². The molecule has 25 heavy (non-hydrogen) atoms. The van der Waals surface area contributed by atoms with Crippen LogP contribution in [0.4, 0.5) is 11.4 Å². The zero-order valence-electron chi connectivity index (χ0n) is 13.2. The third-order valence-corrected chi connectivity index (χ3v) is 4.22. The van der Waals surface area contributed by atoms with Gasteiger partial charge < -0.3 is 5.32 Å². The van der Waals surface area contributed by atoms with Gasteiger partial charge in [-0.2, -0.15) is 5.26 Å². The average molecular weight is 353 g/mol. The highest BCUT2D eigenvalue weighted by Gasteiger charge is 2.05. The molecular formula is C18H15N3O3S. The third kappa shape index (κ3) is 5.79. The van der Waals surface area contributed by atoms with Crippen LogP contribution in [0, 0.1) is 21.4 Å². The van der Waals surface area contributed by atoms with Gasteiger partial charge in [-0.05, 0) is 35.9 Å². The molecule has 2 rings (SSSR count). The molecule has 0 spiro atoms. The second-order valence-corrected chi connectivity index (χ2v) is 6.06. The molecule has 1 N–H and O–H groups in total. The van der Waals surface area contributed by atoms with Gasteiger partial charge in [0.05, 0.1) is 16.7 Å². The van der Waals surface area contributed by atoms with Crippen molar-refractivity contribution in [3.63, 3.8) is 0 Å². The number of nitro groups is 1. The van der Waals surface area contributed by atoms with Gasteiger partial charge in [-0.3, -0.25) is 14.9 Å². The van der Waals surface area contributed by atoms with Gasteiger partial charge in [0, 0.05) is 35.3 Å². The molecule has 2 aromatic carbocycles. The van der Waals surface area contributed by atoms with Gasteiger partial charge >= 0.3 is 0 Å². The van der Waals surface area contributed by atoms with Crippen LogP contribution in [0.1, 0.15) is 12.0 Å². The maximum absolute atomic E-state index is 12.1. The number of nitro benzene ring substituents is 1. The Morgan fingerprint density at radius 2 is 1.96 bits per heavy atom. The smallest absolute Gasteiger partial charge is 0.269 e. The van der Waals surface area contributed by atoms with Crippen LogP contribution in [0.5, 0.6) is 0 Å². The Hall–Kier alpha value is -3.11. The van der Waals surface area contributed by atoms with E-state index in [1.165, 1.54) is 30.0 Å². The predicted molar refractivity (Wildman–Crippen MR) is 98.2 cm³/mol. The number of hydrogen-bond acceptors (Lipinski definition) is 5. The van der Waals surface area contributed by atoms with Crippen LogP contribution in [-0.4, -0.2) is 16.6 Å². The topological polar surface area (TPSA) is 96.0 Å². The van der Waals surface area contributed by atoms with Crippen molar-refractivity contribution >= 4 is 35.1 Å². The summed E-state index contributed by atoms with van der Waals surface area (Å²) in [6.07, 6.45) is 3.40. The number of anilines is 1. The van der Waals surface area contributed by atoms with Crippen molar-refractivity contribution in [2.24, 2.45) is 0 Å². The van der Waals surface area contributed by atoms with E-state index >= 15 is 0 Å². The number of non-ortho nitro benzene ring substituents is 1. The molecule has 0 aliphatic heterocycles. The molecule has 6 nitrogen and oxygen atoms in total. The number of hydrogen-bond donors (Lipinski definition) is 1. The first kappa shape index (κ1) is 18.2. The lowest BCUT2D eigenvalue weighted by molar-refractivity contribution is -0.384. The number of benzene rings is 2. The molecule has 0 bridgehead atoms. The number of amides is 1. The van der Waals surface area contributed by atoms with E-state index in [9.17, 15) is 14.9 Å². The van der Waals surface area contributed by atoms with Crippen LogP contribution in [0.2, 0.25) is 0 Å². The van der Waals surface area contributed by atoms with Crippen LogP contribution >= 0.6 is 11.8 Å². The quantitative estimate of drug-likeness (QED) is 0.264. The highest BCUT2D eigenvalue weighted by atomic mass is 32.2. The van der Waals surface area contributed by atoms with Gasteiger partial charge in [-0.15, -0.1) is 11.8 Å². The number of thioether (sulfide) groups is 1. The molecule has 0 aromatic heterocycles. The summed E-state index contributed by atoms with van der Waals surface area (Å²) in [4.78, 5) is 23.1. The molecule has 0 atom stereocenters. The molecule has 0 aliphatic carbocycles. The van der Waals surface area contributed by atoms with Gasteiger partial charge in [0.1, 0.15) is 0 Å². The fourth-order valence-corrected chi connectivity index (χ4v) is 2.82. The Kier molecular flexibility index (Phi) is 6.75. The Labute approximate surface area is 149 Å². The molecule has 7 heteroatoms. The number of rotatable bonds is 7. The monoisotopic (exact) mass is 353 g/mol. The van der Waals surface area contributed by atoms with E-state index in [2.05, 4.69) is 11.4 Å². The van der Waals surface area contributed by atoms with Gasteiger partial charge in [0.15, 0.2) is 0 Å². The van der Waals surface area contributed by atoms with Crippen molar-refractivity contribution in [1.82, 2.24) is 0 Å². The molecular weight excluding hydrogens is 338 g/mol. The minimum Gasteiger partial charge on any atom is -0.321 e. The molecule has 0 heterocycles. The Balaban J connectivity index is 2.00. The first-order valence-electron chi connectivity index (χ1n) is 7.42. The largest absolute Gasteiger partial charge is 0.321 e.